The van der Waals surface area contributed by atoms with Gasteiger partial charge in [-0.1, -0.05) is 32.9 Å². The van der Waals surface area contributed by atoms with Crippen molar-refractivity contribution in [1.29, 1.82) is 0 Å². The molecule has 23 heavy (non-hydrogen) atoms. The smallest absolute Gasteiger partial charge is 0.329 e. The molecule has 6 nitrogen and oxygen atoms in total. The first-order valence-electron chi connectivity index (χ1n) is 7.70. The van der Waals surface area contributed by atoms with Gasteiger partial charge in [-0.3, -0.25) is 4.79 Å². The van der Waals surface area contributed by atoms with Crippen LogP contribution in [0.15, 0.2) is 24.3 Å². The molecule has 3 atom stereocenters. The molecule has 126 valence electrons. The number of hydrogen-bond acceptors (Lipinski definition) is 4. The molecule has 0 spiro atoms. The van der Waals surface area contributed by atoms with E-state index >= 15 is 0 Å². The van der Waals surface area contributed by atoms with E-state index in [2.05, 4.69) is 26.1 Å². The summed E-state index contributed by atoms with van der Waals surface area (Å²) in [4.78, 5) is 23.5. The molecule has 4 N–H and O–H groups in total. The minimum Gasteiger partial charge on any atom is -0.489 e. The van der Waals surface area contributed by atoms with Gasteiger partial charge in [0.25, 0.3) is 0 Å². The summed E-state index contributed by atoms with van der Waals surface area (Å²) in [5.74, 6) is -0.754. The fourth-order valence-electron chi connectivity index (χ4n) is 2.68. The van der Waals surface area contributed by atoms with Crippen molar-refractivity contribution in [2.24, 2.45) is 17.3 Å². The van der Waals surface area contributed by atoms with Crippen LogP contribution in [0.3, 0.4) is 0 Å². The first-order chi connectivity index (χ1) is 10.7. The number of amides is 1. The van der Waals surface area contributed by atoms with E-state index in [1.807, 2.05) is 0 Å². The second-order valence-corrected chi connectivity index (χ2v) is 7.06. The number of benzene rings is 1. The van der Waals surface area contributed by atoms with Crippen LogP contribution in [0.25, 0.3) is 0 Å². The molecule has 0 bridgehead atoms. The molecule has 0 heterocycles. The lowest BCUT2D eigenvalue weighted by atomic mass is 9.89. The highest BCUT2D eigenvalue weighted by Gasteiger charge is 2.49. The second kappa shape index (κ2) is 6.48. The average molecular weight is 320 g/mol. The van der Waals surface area contributed by atoms with E-state index in [9.17, 15) is 14.7 Å². The molecular weight excluding hydrogens is 296 g/mol. The van der Waals surface area contributed by atoms with Crippen LogP contribution in [0.2, 0.25) is 0 Å². The van der Waals surface area contributed by atoms with Crippen molar-refractivity contribution in [3.63, 3.8) is 0 Å². The first kappa shape index (κ1) is 17.1. The third kappa shape index (κ3) is 4.37. The molecular formula is C17H24N2O4. The fraction of sp³-hybridized carbons (Fsp3) is 0.529. The fourth-order valence-corrected chi connectivity index (χ4v) is 2.68. The maximum absolute atomic E-state index is 12.2. The SMILES string of the molecule is CC(C)(C)C1CC1C(=O)NC(COc1ccccc1N)C(=O)O. The lowest BCUT2D eigenvalue weighted by Gasteiger charge is -2.19. The van der Waals surface area contributed by atoms with Crippen molar-refractivity contribution in [2.45, 2.75) is 33.2 Å². The summed E-state index contributed by atoms with van der Waals surface area (Å²) < 4.78 is 5.43. The summed E-state index contributed by atoms with van der Waals surface area (Å²) in [5, 5.41) is 11.8. The van der Waals surface area contributed by atoms with E-state index in [0.717, 1.165) is 6.42 Å². The number of para-hydroxylation sites is 2. The number of nitrogens with two attached hydrogens (primary N) is 1. The predicted octanol–water partition coefficient (Wildman–Crippen LogP) is 1.90. The lowest BCUT2D eigenvalue weighted by molar-refractivity contribution is -0.143. The molecule has 0 saturated heterocycles. The largest absolute Gasteiger partial charge is 0.489 e. The van der Waals surface area contributed by atoms with Crippen molar-refractivity contribution in [3.05, 3.63) is 24.3 Å². The monoisotopic (exact) mass is 320 g/mol. The molecule has 1 amide bonds. The quantitative estimate of drug-likeness (QED) is 0.695. The number of nitrogens with one attached hydrogen (secondary N) is 1. The molecule has 6 heteroatoms. The minimum absolute atomic E-state index is 0.0513. The highest BCUT2D eigenvalue weighted by Crippen LogP contribution is 2.50. The molecule has 1 aliphatic carbocycles. The zero-order chi connectivity index (χ0) is 17.2. The standard InChI is InChI=1S/C17H24N2O4/c1-17(2,3)11-8-10(11)15(20)19-13(16(21)22)9-23-14-7-5-4-6-12(14)18/h4-7,10-11,13H,8-9,18H2,1-3H3,(H,19,20)(H,21,22). The van der Waals surface area contributed by atoms with Gasteiger partial charge in [0.1, 0.15) is 12.4 Å². The molecule has 1 saturated carbocycles. The first-order valence-corrected chi connectivity index (χ1v) is 7.70. The molecule has 0 radical (unpaired) electrons. The van der Waals surface area contributed by atoms with Gasteiger partial charge in [-0.15, -0.1) is 0 Å². The van der Waals surface area contributed by atoms with Gasteiger partial charge in [0.2, 0.25) is 5.91 Å². The van der Waals surface area contributed by atoms with Gasteiger partial charge in [0, 0.05) is 5.92 Å². The van der Waals surface area contributed by atoms with Crippen molar-refractivity contribution < 1.29 is 19.4 Å². The highest BCUT2D eigenvalue weighted by molar-refractivity contribution is 5.86. The molecule has 0 aromatic heterocycles. The van der Waals surface area contributed by atoms with Crippen LogP contribution >= 0.6 is 0 Å². The molecule has 1 aromatic rings. The number of carboxylic acids is 1. The van der Waals surface area contributed by atoms with E-state index in [1.54, 1.807) is 24.3 Å². The van der Waals surface area contributed by atoms with Crippen LogP contribution in [0.4, 0.5) is 5.69 Å². The van der Waals surface area contributed by atoms with Gasteiger partial charge in [-0.2, -0.15) is 0 Å². The number of nitrogen functional groups attached to an aromatic ring is 1. The van der Waals surface area contributed by atoms with Crippen molar-refractivity contribution in [3.8, 4) is 5.75 Å². The minimum atomic E-state index is -1.12. The molecule has 3 unspecified atom stereocenters. The average Bonchev–Trinajstić information content (AvgIpc) is 3.24. The topological polar surface area (TPSA) is 102 Å². The molecule has 1 aliphatic rings. The molecule has 1 fully saturated rings. The van der Waals surface area contributed by atoms with E-state index in [4.69, 9.17) is 10.5 Å². The van der Waals surface area contributed by atoms with Gasteiger partial charge < -0.3 is 20.9 Å². The van der Waals surface area contributed by atoms with Crippen LogP contribution in [-0.2, 0) is 9.59 Å². The van der Waals surface area contributed by atoms with Crippen LogP contribution in [0.1, 0.15) is 27.2 Å². The number of carboxylic acid groups (broad SMARTS) is 1. The van der Waals surface area contributed by atoms with Crippen LogP contribution in [-0.4, -0.2) is 29.6 Å². The number of carbonyl (C=O) groups excluding carboxylic acids is 1. The Morgan fingerprint density at radius 1 is 1.39 bits per heavy atom. The van der Waals surface area contributed by atoms with E-state index < -0.39 is 12.0 Å². The number of anilines is 1. The number of rotatable bonds is 6. The van der Waals surface area contributed by atoms with Crippen molar-refractivity contribution in [1.82, 2.24) is 5.32 Å². The maximum atomic E-state index is 12.2. The normalized spacial score (nSPS) is 21.3. The van der Waals surface area contributed by atoms with Crippen molar-refractivity contribution in [2.75, 3.05) is 12.3 Å². The van der Waals surface area contributed by atoms with Gasteiger partial charge in [0.05, 0.1) is 5.69 Å². The highest BCUT2D eigenvalue weighted by atomic mass is 16.5. The van der Waals surface area contributed by atoms with E-state index in [0.29, 0.717) is 17.4 Å². The Bertz CT molecular complexity index is 595. The number of ether oxygens (including phenoxy) is 1. The van der Waals surface area contributed by atoms with E-state index in [-0.39, 0.29) is 23.8 Å². The number of hydrogen-bond donors (Lipinski definition) is 3. The Morgan fingerprint density at radius 3 is 2.57 bits per heavy atom. The molecule has 0 aliphatic heterocycles. The third-order valence-electron chi connectivity index (χ3n) is 4.18. The summed E-state index contributed by atoms with van der Waals surface area (Å²) >= 11 is 0. The number of aliphatic carboxylic acids is 1. The Morgan fingerprint density at radius 2 is 2.04 bits per heavy atom. The van der Waals surface area contributed by atoms with Gasteiger partial charge in [-0.05, 0) is 29.9 Å². The summed E-state index contributed by atoms with van der Waals surface area (Å²) in [5.41, 5.74) is 6.23. The summed E-state index contributed by atoms with van der Waals surface area (Å²) in [6.45, 7) is 6.09. The second-order valence-electron chi connectivity index (χ2n) is 7.06. The molecule has 1 aromatic carbocycles. The van der Waals surface area contributed by atoms with Crippen LogP contribution in [0, 0.1) is 17.3 Å². The zero-order valence-corrected chi connectivity index (χ0v) is 13.7. The Labute approximate surface area is 136 Å². The predicted molar refractivity (Wildman–Crippen MR) is 87.0 cm³/mol. The van der Waals surface area contributed by atoms with Crippen molar-refractivity contribution >= 4 is 17.6 Å². The third-order valence-corrected chi connectivity index (χ3v) is 4.18. The summed E-state index contributed by atoms with van der Waals surface area (Å²) in [7, 11) is 0. The van der Waals surface area contributed by atoms with Crippen LogP contribution in [0.5, 0.6) is 5.75 Å². The summed E-state index contributed by atoms with van der Waals surface area (Å²) in [6.07, 6.45) is 0.800. The van der Waals surface area contributed by atoms with Crippen LogP contribution < -0.4 is 15.8 Å². The van der Waals surface area contributed by atoms with Gasteiger partial charge in [0.15, 0.2) is 6.04 Å². The number of carbonyl (C=O) groups is 2. The summed E-state index contributed by atoms with van der Waals surface area (Å²) in [6, 6.07) is 5.74. The lowest BCUT2D eigenvalue weighted by Crippen LogP contribution is -2.45. The Kier molecular flexibility index (Phi) is 4.82. The Hall–Kier alpha value is -2.24. The maximum Gasteiger partial charge on any atom is 0.329 e. The molecule has 2 rings (SSSR count). The Balaban J connectivity index is 1.91. The van der Waals surface area contributed by atoms with Gasteiger partial charge in [-0.25, -0.2) is 4.79 Å². The van der Waals surface area contributed by atoms with Gasteiger partial charge >= 0.3 is 5.97 Å². The van der Waals surface area contributed by atoms with E-state index in [1.165, 1.54) is 0 Å². The zero-order valence-electron chi connectivity index (χ0n) is 13.7.